The van der Waals surface area contributed by atoms with Crippen LogP contribution in [-0.4, -0.2) is 22.8 Å². The number of hydrogen-bond acceptors (Lipinski definition) is 5. The molecule has 0 aliphatic rings. The molecular weight excluding hydrogens is 448 g/mol. The van der Waals surface area contributed by atoms with Crippen LogP contribution in [0.4, 0.5) is 32.0 Å². The molecule has 0 saturated heterocycles. The number of ether oxygens (including phenoxy) is 2. The Balaban J connectivity index is 1.97. The fourth-order valence-electron chi connectivity index (χ4n) is 2.51. The number of nitrogens with one attached hydrogen (secondary N) is 1. The van der Waals surface area contributed by atoms with Crippen molar-refractivity contribution >= 4 is 11.6 Å². The van der Waals surface area contributed by atoms with E-state index in [4.69, 9.17) is 9.94 Å². The Morgan fingerprint density at radius 1 is 1.06 bits per heavy atom. The first-order valence-electron chi connectivity index (χ1n) is 8.55. The van der Waals surface area contributed by atoms with Gasteiger partial charge in [-0.25, -0.2) is 4.39 Å². The molecule has 32 heavy (non-hydrogen) atoms. The molecule has 0 saturated carbocycles. The number of benzene rings is 2. The van der Waals surface area contributed by atoms with E-state index in [1.165, 1.54) is 0 Å². The number of rotatable bonds is 6. The van der Waals surface area contributed by atoms with E-state index in [0.717, 1.165) is 48.8 Å². The molecule has 0 spiro atoms. The molecular formula is C19H12F6N3O4+. The summed E-state index contributed by atoms with van der Waals surface area (Å²) in [5.74, 6) is -4.06. The molecule has 1 amide bonds. The van der Waals surface area contributed by atoms with Crippen molar-refractivity contribution in [2.75, 3.05) is 5.32 Å². The van der Waals surface area contributed by atoms with Gasteiger partial charge in [0.1, 0.15) is 33.9 Å². The van der Waals surface area contributed by atoms with Crippen molar-refractivity contribution < 1.29 is 50.7 Å². The number of carbonyl (C=O) groups is 1. The van der Waals surface area contributed by atoms with Crippen LogP contribution in [0.3, 0.4) is 0 Å². The molecule has 0 bridgehead atoms. The van der Waals surface area contributed by atoms with Gasteiger partial charge in [-0.15, -0.1) is 0 Å². The quantitative estimate of drug-likeness (QED) is 0.324. The van der Waals surface area contributed by atoms with Crippen LogP contribution in [0.15, 0.2) is 54.9 Å². The largest absolute Gasteiger partial charge is 0.456 e. The molecule has 1 aromatic heterocycles. The summed E-state index contributed by atoms with van der Waals surface area (Å²) >= 11 is 0. The van der Waals surface area contributed by atoms with E-state index < -0.39 is 41.4 Å². The summed E-state index contributed by atoms with van der Waals surface area (Å²) in [4.78, 5) is 13.0. The Kier molecular flexibility index (Phi) is 6.37. The SMILES string of the molecule is O=C(Nc1cc[n+](O)nc1)c1c(Oc2ccc(OC(F)F)cc2)ccc(C(F)(F)F)c1F. The summed E-state index contributed by atoms with van der Waals surface area (Å²) in [5.41, 5.74) is -2.82. The molecule has 1 heterocycles. The Morgan fingerprint density at radius 2 is 1.72 bits per heavy atom. The van der Waals surface area contributed by atoms with Gasteiger partial charge in [0, 0.05) is 11.2 Å². The van der Waals surface area contributed by atoms with E-state index in [0.29, 0.717) is 10.9 Å². The monoisotopic (exact) mass is 460 g/mol. The standard InChI is InChI=1S/C19H11F6N3O4/c20-16-13(19(23,24)25)5-6-14(31-11-1-3-12(4-2-11)32-18(21)22)15(16)17(29)27-10-7-8-28(30)26-9-10/h1-9,18,30H/p+1. The maximum Gasteiger partial charge on any atom is 0.419 e. The van der Waals surface area contributed by atoms with Crippen LogP contribution < -0.4 is 19.6 Å². The zero-order valence-electron chi connectivity index (χ0n) is 15.6. The fraction of sp³-hybridized carbons (Fsp3) is 0.105. The number of alkyl halides is 5. The van der Waals surface area contributed by atoms with E-state index in [1.54, 1.807) is 0 Å². The number of aromatic nitrogens is 2. The van der Waals surface area contributed by atoms with Crippen molar-refractivity contribution in [3.63, 3.8) is 0 Å². The highest BCUT2D eigenvalue weighted by atomic mass is 19.4. The Labute approximate surface area is 175 Å². The minimum Gasteiger partial charge on any atom is -0.456 e. The lowest BCUT2D eigenvalue weighted by atomic mass is 10.1. The van der Waals surface area contributed by atoms with Gasteiger partial charge in [0.25, 0.3) is 12.1 Å². The average molecular weight is 460 g/mol. The minimum atomic E-state index is -5.09. The number of hydrogen-bond donors (Lipinski definition) is 2. The van der Waals surface area contributed by atoms with Gasteiger partial charge < -0.3 is 14.8 Å². The second-order valence-electron chi connectivity index (χ2n) is 6.04. The van der Waals surface area contributed by atoms with Crippen molar-refractivity contribution in [3.8, 4) is 17.2 Å². The first-order valence-corrected chi connectivity index (χ1v) is 8.55. The molecule has 3 rings (SSSR count). The fourth-order valence-corrected chi connectivity index (χ4v) is 2.51. The predicted octanol–water partition coefficient (Wildman–Crippen LogP) is 4.41. The number of carbonyl (C=O) groups excluding carboxylic acids is 1. The zero-order chi connectivity index (χ0) is 23.5. The lowest BCUT2D eigenvalue weighted by Gasteiger charge is -2.16. The van der Waals surface area contributed by atoms with Gasteiger partial charge in [0.05, 0.1) is 11.3 Å². The van der Waals surface area contributed by atoms with Crippen LogP contribution in [0.2, 0.25) is 0 Å². The van der Waals surface area contributed by atoms with Gasteiger partial charge in [-0.05, 0) is 36.4 Å². The topological polar surface area (TPSA) is 84.6 Å². The van der Waals surface area contributed by atoms with Crippen molar-refractivity contribution in [1.82, 2.24) is 5.10 Å². The number of amides is 1. The average Bonchev–Trinajstić information content (AvgIpc) is 2.70. The third-order valence-corrected chi connectivity index (χ3v) is 3.87. The maximum atomic E-state index is 14.7. The molecule has 0 unspecified atom stereocenters. The van der Waals surface area contributed by atoms with Crippen LogP contribution in [-0.2, 0) is 6.18 Å². The lowest BCUT2D eigenvalue weighted by Crippen LogP contribution is -2.33. The predicted molar refractivity (Wildman–Crippen MR) is 94.1 cm³/mol. The Hall–Kier alpha value is -4.03. The minimum absolute atomic E-state index is 0.0587. The molecule has 7 nitrogen and oxygen atoms in total. The molecule has 13 heteroatoms. The molecule has 0 aliphatic carbocycles. The van der Waals surface area contributed by atoms with Crippen molar-refractivity contribution in [3.05, 3.63) is 71.8 Å². The third-order valence-electron chi connectivity index (χ3n) is 3.87. The van der Waals surface area contributed by atoms with E-state index in [-0.39, 0.29) is 17.2 Å². The lowest BCUT2D eigenvalue weighted by molar-refractivity contribution is -0.948. The Morgan fingerprint density at radius 3 is 2.28 bits per heavy atom. The number of nitrogens with zero attached hydrogens (tertiary/aromatic N) is 2. The molecule has 0 aliphatic heterocycles. The second kappa shape index (κ2) is 8.99. The van der Waals surface area contributed by atoms with E-state index in [1.807, 2.05) is 0 Å². The van der Waals surface area contributed by atoms with Crippen molar-refractivity contribution in [1.29, 1.82) is 0 Å². The normalized spacial score (nSPS) is 11.3. The highest BCUT2D eigenvalue weighted by molar-refractivity contribution is 6.06. The highest BCUT2D eigenvalue weighted by Gasteiger charge is 2.37. The van der Waals surface area contributed by atoms with E-state index >= 15 is 0 Å². The Bertz CT molecular complexity index is 1110. The van der Waals surface area contributed by atoms with Crippen LogP contribution in [0.1, 0.15) is 15.9 Å². The zero-order valence-corrected chi connectivity index (χ0v) is 15.6. The summed E-state index contributed by atoms with van der Waals surface area (Å²) < 4.78 is 88.1. The molecule has 0 radical (unpaired) electrons. The van der Waals surface area contributed by atoms with Gasteiger partial charge in [0.2, 0.25) is 0 Å². The highest BCUT2D eigenvalue weighted by Crippen LogP contribution is 2.37. The summed E-state index contributed by atoms with van der Waals surface area (Å²) in [6.45, 7) is -3.08. The molecule has 3 aromatic rings. The van der Waals surface area contributed by atoms with Crippen LogP contribution in [0, 0.1) is 5.82 Å². The van der Waals surface area contributed by atoms with E-state index in [9.17, 15) is 31.1 Å². The summed E-state index contributed by atoms with van der Waals surface area (Å²) in [6.07, 6.45) is -3.12. The smallest absolute Gasteiger partial charge is 0.419 e. The first-order chi connectivity index (χ1) is 15.0. The van der Waals surface area contributed by atoms with Gasteiger partial charge in [-0.1, -0.05) is 0 Å². The summed E-state index contributed by atoms with van der Waals surface area (Å²) in [7, 11) is 0. The summed E-state index contributed by atoms with van der Waals surface area (Å²) in [6, 6.07) is 6.73. The van der Waals surface area contributed by atoms with Crippen molar-refractivity contribution in [2.45, 2.75) is 12.8 Å². The molecule has 2 aromatic carbocycles. The van der Waals surface area contributed by atoms with Crippen LogP contribution in [0.25, 0.3) is 0 Å². The maximum absolute atomic E-state index is 14.7. The number of halogens is 6. The second-order valence-corrected chi connectivity index (χ2v) is 6.04. The summed E-state index contributed by atoms with van der Waals surface area (Å²) in [5, 5.41) is 14.6. The van der Waals surface area contributed by atoms with Gasteiger partial charge >= 0.3 is 12.8 Å². The van der Waals surface area contributed by atoms with E-state index in [2.05, 4.69) is 15.2 Å². The van der Waals surface area contributed by atoms with Gasteiger partial charge in [-0.3, -0.25) is 10.0 Å². The molecule has 0 atom stereocenters. The van der Waals surface area contributed by atoms with Crippen LogP contribution >= 0.6 is 0 Å². The van der Waals surface area contributed by atoms with Gasteiger partial charge in [0.15, 0.2) is 5.82 Å². The molecule has 2 N–H and O–H groups in total. The molecule has 0 fully saturated rings. The van der Waals surface area contributed by atoms with Crippen LogP contribution in [0.5, 0.6) is 17.2 Å². The number of anilines is 1. The van der Waals surface area contributed by atoms with Crippen molar-refractivity contribution in [2.24, 2.45) is 0 Å². The van der Waals surface area contributed by atoms with Gasteiger partial charge in [-0.2, -0.15) is 22.0 Å². The molecule has 168 valence electrons. The first kappa shape index (κ1) is 22.7. The third kappa shape index (κ3) is 5.36.